The van der Waals surface area contributed by atoms with E-state index in [1.807, 2.05) is 31.2 Å². The Morgan fingerprint density at radius 3 is 2.86 bits per heavy atom. The van der Waals surface area contributed by atoms with Crippen molar-refractivity contribution in [3.8, 4) is 5.75 Å². The Hall–Kier alpha value is -2.16. The molecule has 0 radical (unpaired) electrons. The predicted molar refractivity (Wildman–Crippen MR) is 82.0 cm³/mol. The molecule has 1 aromatic carbocycles. The number of hydrogen-bond acceptors (Lipinski definition) is 3. The second-order valence-electron chi connectivity index (χ2n) is 5.52. The van der Waals surface area contributed by atoms with Gasteiger partial charge in [-0.3, -0.25) is 9.78 Å². The highest BCUT2D eigenvalue weighted by atomic mass is 16.5. The molecule has 0 unspecified atom stereocenters. The summed E-state index contributed by atoms with van der Waals surface area (Å²) in [6, 6.07) is 10.0. The third kappa shape index (κ3) is 2.68. The number of carbonyl (C=O) groups excluding carboxylic acids is 1. The smallest absolute Gasteiger partial charge is 0.164 e. The largest absolute Gasteiger partial charge is 0.496 e. The highest BCUT2D eigenvalue weighted by Crippen LogP contribution is 2.26. The van der Waals surface area contributed by atoms with Crippen LogP contribution in [0, 0.1) is 6.92 Å². The molecule has 2 aromatic rings. The van der Waals surface area contributed by atoms with Crippen LogP contribution in [0.15, 0.2) is 30.3 Å². The minimum Gasteiger partial charge on any atom is -0.496 e. The molecule has 1 aromatic heterocycles. The molecule has 3 nitrogen and oxygen atoms in total. The minimum atomic E-state index is 0.241. The van der Waals surface area contributed by atoms with Crippen molar-refractivity contribution < 1.29 is 9.53 Å². The van der Waals surface area contributed by atoms with Gasteiger partial charge in [-0.1, -0.05) is 18.2 Å². The lowest BCUT2D eigenvalue weighted by Gasteiger charge is -2.17. The second kappa shape index (κ2) is 5.68. The average molecular weight is 281 g/mol. The topological polar surface area (TPSA) is 39.2 Å². The fourth-order valence-electron chi connectivity index (χ4n) is 3.05. The van der Waals surface area contributed by atoms with Gasteiger partial charge in [-0.05, 0) is 37.5 Å². The number of para-hydroxylation sites is 1. The molecule has 1 heterocycles. The zero-order valence-electron chi connectivity index (χ0n) is 12.5. The first kappa shape index (κ1) is 13.8. The van der Waals surface area contributed by atoms with Crippen molar-refractivity contribution in [1.29, 1.82) is 0 Å². The van der Waals surface area contributed by atoms with Crippen LogP contribution in [0.5, 0.6) is 5.75 Å². The average Bonchev–Trinajstić information content (AvgIpc) is 2.47. The van der Waals surface area contributed by atoms with E-state index in [-0.39, 0.29) is 5.78 Å². The molecular formula is C18H19NO2. The lowest BCUT2D eigenvalue weighted by Crippen LogP contribution is -2.15. The van der Waals surface area contributed by atoms with E-state index in [0.717, 1.165) is 53.1 Å². The van der Waals surface area contributed by atoms with E-state index in [1.54, 1.807) is 7.11 Å². The van der Waals surface area contributed by atoms with E-state index >= 15 is 0 Å². The predicted octanol–water partition coefficient (Wildman–Crippen LogP) is 3.51. The van der Waals surface area contributed by atoms with E-state index in [9.17, 15) is 4.79 Å². The number of benzene rings is 1. The Kier molecular flexibility index (Phi) is 3.74. The van der Waals surface area contributed by atoms with Gasteiger partial charge in [0.15, 0.2) is 5.78 Å². The lowest BCUT2D eigenvalue weighted by molar-refractivity contribution is 0.0971. The van der Waals surface area contributed by atoms with Gasteiger partial charge in [0.25, 0.3) is 0 Å². The summed E-state index contributed by atoms with van der Waals surface area (Å²) >= 11 is 0. The first-order chi connectivity index (χ1) is 10.2. The zero-order valence-corrected chi connectivity index (χ0v) is 12.5. The summed E-state index contributed by atoms with van der Waals surface area (Å²) in [6.45, 7) is 2.01. The summed E-state index contributed by atoms with van der Waals surface area (Å²) in [6.07, 6.45) is 3.20. The molecule has 0 N–H and O–H groups in total. The van der Waals surface area contributed by atoms with Gasteiger partial charge in [0.1, 0.15) is 5.75 Å². The summed E-state index contributed by atoms with van der Waals surface area (Å²) in [5.74, 6) is 1.12. The van der Waals surface area contributed by atoms with E-state index in [2.05, 4.69) is 6.07 Å². The van der Waals surface area contributed by atoms with Crippen molar-refractivity contribution in [1.82, 2.24) is 4.98 Å². The summed E-state index contributed by atoms with van der Waals surface area (Å²) in [4.78, 5) is 16.7. The summed E-state index contributed by atoms with van der Waals surface area (Å²) in [7, 11) is 1.68. The molecule has 108 valence electrons. The fraction of sp³-hybridized carbons (Fsp3) is 0.333. The van der Waals surface area contributed by atoms with Gasteiger partial charge in [-0.15, -0.1) is 0 Å². The molecule has 3 rings (SSSR count). The molecule has 0 saturated heterocycles. The highest BCUT2D eigenvalue weighted by molar-refractivity contribution is 5.99. The van der Waals surface area contributed by atoms with Crippen LogP contribution in [-0.2, 0) is 12.8 Å². The van der Waals surface area contributed by atoms with Gasteiger partial charge < -0.3 is 4.74 Å². The number of nitrogens with zero attached hydrogens (tertiary/aromatic N) is 1. The molecule has 1 aliphatic carbocycles. The molecule has 0 spiro atoms. The maximum atomic E-state index is 12.0. The van der Waals surface area contributed by atoms with Crippen molar-refractivity contribution in [2.75, 3.05) is 7.11 Å². The SMILES string of the molecule is COc1ccccc1Cc1cc(C)c2c(n1)CCCC2=O. The van der Waals surface area contributed by atoms with Gasteiger partial charge in [0.2, 0.25) is 0 Å². The Labute approximate surface area is 125 Å². The second-order valence-corrected chi connectivity index (χ2v) is 5.52. The first-order valence-electron chi connectivity index (χ1n) is 7.33. The Morgan fingerprint density at radius 1 is 1.24 bits per heavy atom. The van der Waals surface area contributed by atoms with Crippen LogP contribution in [-0.4, -0.2) is 17.9 Å². The fourth-order valence-corrected chi connectivity index (χ4v) is 3.05. The van der Waals surface area contributed by atoms with Crippen molar-refractivity contribution >= 4 is 5.78 Å². The van der Waals surface area contributed by atoms with Gasteiger partial charge in [0.05, 0.1) is 12.8 Å². The van der Waals surface area contributed by atoms with Crippen LogP contribution in [0.2, 0.25) is 0 Å². The summed E-state index contributed by atoms with van der Waals surface area (Å²) < 4.78 is 5.40. The Balaban J connectivity index is 1.97. The van der Waals surface area contributed by atoms with Crippen molar-refractivity contribution in [2.24, 2.45) is 0 Å². The molecule has 0 amide bonds. The molecular weight excluding hydrogens is 262 g/mol. The third-order valence-electron chi connectivity index (χ3n) is 4.00. The third-order valence-corrected chi connectivity index (χ3v) is 4.00. The van der Waals surface area contributed by atoms with E-state index in [0.29, 0.717) is 6.42 Å². The van der Waals surface area contributed by atoms with Gasteiger partial charge in [0, 0.05) is 29.7 Å². The standard InChI is InChI=1S/C18H19NO2/c1-12-10-14(11-13-6-3-4-9-17(13)21-2)19-15-7-5-8-16(20)18(12)15/h3-4,6,9-10H,5,7-8,11H2,1-2H3. The van der Waals surface area contributed by atoms with Crippen LogP contribution in [0.4, 0.5) is 0 Å². The molecule has 0 aliphatic heterocycles. The van der Waals surface area contributed by atoms with Gasteiger partial charge in [-0.25, -0.2) is 0 Å². The number of methoxy groups -OCH3 is 1. The number of pyridine rings is 1. The molecule has 21 heavy (non-hydrogen) atoms. The van der Waals surface area contributed by atoms with Crippen molar-refractivity contribution in [3.05, 3.63) is 58.4 Å². The van der Waals surface area contributed by atoms with Crippen molar-refractivity contribution in [3.63, 3.8) is 0 Å². The maximum absolute atomic E-state index is 12.0. The summed E-state index contributed by atoms with van der Waals surface area (Å²) in [5.41, 5.74) is 5.00. The summed E-state index contributed by atoms with van der Waals surface area (Å²) in [5, 5.41) is 0. The number of ketones is 1. The molecule has 0 fully saturated rings. The van der Waals surface area contributed by atoms with Gasteiger partial charge >= 0.3 is 0 Å². The number of carbonyl (C=O) groups is 1. The monoisotopic (exact) mass is 281 g/mol. The van der Waals surface area contributed by atoms with Crippen molar-refractivity contribution in [2.45, 2.75) is 32.6 Å². The molecule has 0 atom stereocenters. The Bertz CT molecular complexity index is 692. The van der Waals surface area contributed by atoms with Crippen LogP contribution in [0.25, 0.3) is 0 Å². The van der Waals surface area contributed by atoms with Crippen LogP contribution < -0.4 is 4.74 Å². The highest BCUT2D eigenvalue weighted by Gasteiger charge is 2.21. The van der Waals surface area contributed by atoms with Crippen LogP contribution >= 0.6 is 0 Å². The van der Waals surface area contributed by atoms with E-state index < -0.39 is 0 Å². The van der Waals surface area contributed by atoms with Crippen LogP contribution in [0.3, 0.4) is 0 Å². The van der Waals surface area contributed by atoms with Crippen LogP contribution in [0.1, 0.15) is 45.7 Å². The number of aryl methyl sites for hydroxylation is 2. The van der Waals surface area contributed by atoms with E-state index in [4.69, 9.17) is 9.72 Å². The number of aromatic nitrogens is 1. The quantitative estimate of drug-likeness (QED) is 0.864. The number of rotatable bonds is 3. The Morgan fingerprint density at radius 2 is 2.05 bits per heavy atom. The number of hydrogen-bond donors (Lipinski definition) is 0. The molecule has 1 aliphatic rings. The van der Waals surface area contributed by atoms with Gasteiger partial charge in [-0.2, -0.15) is 0 Å². The lowest BCUT2D eigenvalue weighted by atomic mass is 9.90. The minimum absolute atomic E-state index is 0.241. The number of ether oxygens (including phenoxy) is 1. The molecule has 3 heteroatoms. The maximum Gasteiger partial charge on any atom is 0.164 e. The number of fused-ring (bicyclic) bond motifs is 1. The molecule has 0 bridgehead atoms. The normalized spacial score (nSPS) is 13.9. The number of Topliss-reactive ketones (excluding diaryl/α,β-unsaturated/α-hetero) is 1. The molecule has 0 saturated carbocycles. The first-order valence-corrected chi connectivity index (χ1v) is 7.33. The van der Waals surface area contributed by atoms with E-state index in [1.165, 1.54) is 0 Å². The zero-order chi connectivity index (χ0) is 14.8.